The van der Waals surface area contributed by atoms with Crippen LogP contribution in [0.3, 0.4) is 0 Å². The topological polar surface area (TPSA) is 50.9 Å². The number of hydrogen-bond acceptors (Lipinski definition) is 3. The van der Waals surface area contributed by atoms with Gasteiger partial charge in [0.05, 0.1) is 0 Å². The second-order valence-electron chi connectivity index (χ2n) is 5.93. The van der Waals surface area contributed by atoms with Crippen LogP contribution < -0.4 is 11.1 Å². The molecule has 1 unspecified atom stereocenters. The molecule has 0 aliphatic heterocycles. The SMILES string of the molecule is CNC(Cc1cnccc1N)C(C1CC1)C1CC1. The van der Waals surface area contributed by atoms with Gasteiger partial charge in [-0.05, 0) is 68.5 Å². The Hall–Kier alpha value is -1.09. The van der Waals surface area contributed by atoms with E-state index in [-0.39, 0.29) is 0 Å². The van der Waals surface area contributed by atoms with Gasteiger partial charge >= 0.3 is 0 Å². The summed E-state index contributed by atoms with van der Waals surface area (Å²) in [7, 11) is 2.09. The first-order valence-corrected chi connectivity index (χ1v) is 7.15. The molecule has 0 aromatic carbocycles. The number of anilines is 1. The Balaban J connectivity index is 1.73. The van der Waals surface area contributed by atoms with Crippen molar-refractivity contribution in [3.63, 3.8) is 0 Å². The van der Waals surface area contributed by atoms with Gasteiger partial charge in [-0.2, -0.15) is 0 Å². The Kier molecular flexibility index (Phi) is 3.25. The van der Waals surface area contributed by atoms with E-state index in [4.69, 9.17) is 5.73 Å². The third-order valence-corrected chi connectivity index (χ3v) is 4.55. The normalized spacial score (nSPS) is 21.2. The summed E-state index contributed by atoms with van der Waals surface area (Å²) in [5, 5.41) is 3.54. The lowest BCUT2D eigenvalue weighted by Crippen LogP contribution is -2.38. The average Bonchev–Trinajstić information content (AvgIpc) is 3.25. The van der Waals surface area contributed by atoms with Gasteiger partial charge in [0.2, 0.25) is 0 Å². The van der Waals surface area contributed by atoms with Crippen LogP contribution in [0.25, 0.3) is 0 Å². The van der Waals surface area contributed by atoms with E-state index in [0.717, 1.165) is 29.9 Å². The third kappa shape index (κ3) is 2.51. The molecule has 3 rings (SSSR count). The Morgan fingerprint density at radius 3 is 2.50 bits per heavy atom. The quantitative estimate of drug-likeness (QED) is 0.808. The largest absolute Gasteiger partial charge is 0.398 e. The number of hydrogen-bond donors (Lipinski definition) is 2. The van der Waals surface area contributed by atoms with Crippen LogP contribution in [0.2, 0.25) is 0 Å². The number of likely N-dealkylation sites (N-methyl/N-ethyl adjacent to an activating group) is 1. The van der Waals surface area contributed by atoms with E-state index in [1.54, 1.807) is 6.20 Å². The van der Waals surface area contributed by atoms with Gasteiger partial charge in [0.15, 0.2) is 0 Å². The minimum Gasteiger partial charge on any atom is -0.398 e. The Morgan fingerprint density at radius 2 is 2.00 bits per heavy atom. The molecule has 3 heteroatoms. The molecule has 3 N–H and O–H groups in total. The van der Waals surface area contributed by atoms with Gasteiger partial charge in [-0.1, -0.05) is 0 Å². The predicted molar refractivity (Wildman–Crippen MR) is 74.1 cm³/mol. The fraction of sp³-hybridized carbons (Fsp3) is 0.667. The maximum Gasteiger partial charge on any atom is 0.0378 e. The van der Waals surface area contributed by atoms with Crippen molar-refractivity contribution >= 4 is 5.69 Å². The zero-order valence-corrected chi connectivity index (χ0v) is 11.1. The third-order valence-electron chi connectivity index (χ3n) is 4.55. The molecule has 0 radical (unpaired) electrons. The van der Waals surface area contributed by atoms with Crippen LogP contribution in [0.1, 0.15) is 31.2 Å². The van der Waals surface area contributed by atoms with E-state index in [1.807, 2.05) is 12.3 Å². The van der Waals surface area contributed by atoms with E-state index < -0.39 is 0 Å². The zero-order chi connectivity index (χ0) is 12.5. The van der Waals surface area contributed by atoms with Gasteiger partial charge in [0.25, 0.3) is 0 Å². The highest BCUT2D eigenvalue weighted by atomic mass is 14.9. The molecule has 0 saturated heterocycles. The lowest BCUT2D eigenvalue weighted by molar-refractivity contribution is 0.293. The second kappa shape index (κ2) is 4.88. The van der Waals surface area contributed by atoms with Crippen molar-refractivity contribution in [1.29, 1.82) is 0 Å². The van der Waals surface area contributed by atoms with E-state index in [9.17, 15) is 0 Å². The number of nitrogens with one attached hydrogen (secondary N) is 1. The number of nitrogens with zero attached hydrogens (tertiary/aromatic N) is 1. The molecular formula is C15H23N3. The van der Waals surface area contributed by atoms with E-state index in [2.05, 4.69) is 17.3 Å². The minimum absolute atomic E-state index is 0.566. The molecule has 18 heavy (non-hydrogen) atoms. The van der Waals surface area contributed by atoms with E-state index >= 15 is 0 Å². The summed E-state index contributed by atoms with van der Waals surface area (Å²) >= 11 is 0. The van der Waals surface area contributed by atoms with Crippen molar-refractivity contribution in [2.45, 2.75) is 38.1 Å². The number of nitrogens with two attached hydrogens (primary N) is 1. The average molecular weight is 245 g/mol. The number of pyridine rings is 1. The van der Waals surface area contributed by atoms with Crippen LogP contribution >= 0.6 is 0 Å². The fourth-order valence-electron chi connectivity index (χ4n) is 3.28. The van der Waals surface area contributed by atoms with Gasteiger partial charge in [-0.3, -0.25) is 4.98 Å². The molecule has 0 bridgehead atoms. The van der Waals surface area contributed by atoms with E-state index in [1.165, 1.54) is 31.2 Å². The molecule has 0 amide bonds. The number of aromatic nitrogens is 1. The van der Waals surface area contributed by atoms with Crippen molar-refractivity contribution in [2.75, 3.05) is 12.8 Å². The molecule has 0 spiro atoms. The molecule has 1 aromatic rings. The van der Waals surface area contributed by atoms with Crippen molar-refractivity contribution in [2.24, 2.45) is 17.8 Å². The summed E-state index contributed by atoms with van der Waals surface area (Å²) in [5.41, 5.74) is 8.12. The molecule has 1 atom stereocenters. The fourth-order valence-corrected chi connectivity index (χ4v) is 3.28. The number of rotatable bonds is 6. The van der Waals surface area contributed by atoms with Gasteiger partial charge in [0.1, 0.15) is 0 Å². The maximum absolute atomic E-state index is 6.04. The number of nitrogen functional groups attached to an aromatic ring is 1. The molecule has 2 fully saturated rings. The standard InChI is InChI=1S/C15H23N3/c1-17-14(8-12-9-18-7-6-13(12)16)15(10-2-3-10)11-4-5-11/h6-7,9-11,14-15,17H,2-5,8H2,1H3,(H2,16,18). The Labute approximate surface area is 109 Å². The lowest BCUT2D eigenvalue weighted by Gasteiger charge is -2.27. The van der Waals surface area contributed by atoms with Crippen LogP contribution in [0.15, 0.2) is 18.5 Å². The first-order chi connectivity index (χ1) is 8.79. The van der Waals surface area contributed by atoms with Crippen LogP contribution in [0, 0.1) is 17.8 Å². The predicted octanol–water partition coefficient (Wildman–Crippen LogP) is 2.23. The molecule has 1 heterocycles. The molecule has 2 aliphatic rings. The maximum atomic E-state index is 6.04. The molecular weight excluding hydrogens is 222 g/mol. The van der Waals surface area contributed by atoms with Gasteiger partial charge in [-0.25, -0.2) is 0 Å². The highest BCUT2D eigenvalue weighted by Crippen LogP contribution is 2.51. The van der Waals surface area contributed by atoms with Gasteiger partial charge in [-0.15, -0.1) is 0 Å². The molecule has 98 valence electrons. The summed E-state index contributed by atoms with van der Waals surface area (Å²) < 4.78 is 0. The smallest absolute Gasteiger partial charge is 0.0378 e. The Morgan fingerprint density at radius 1 is 1.33 bits per heavy atom. The summed E-state index contributed by atoms with van der Waals surface area (Å²) in [6.45, 7) is 0. The monoisotopic (exact) mass is 245 g/mol. The highest BCUT2D eigenvalue weighted by Gasteiger charge is 2.44. The lowest BCUT2D eigenvalue weighted by atomic mass is 9.86. The van der Waals surface area contributed by atoms with Crippen molar-refractivity contribution in [1.82, 2.24) is 10.3 Å². The van der Waals surface area contributed by atoms with Crippen LogP contribution in [-0.2, 0) is 6.42 Å². The van der Waals surface area contributed by atoms with E-state index in [0.29, 0.717) is 6.04 Å². The zero-order valence-electron chi connectivity index (χ0n) is 11.1. The van der Waals surface area contributed by atoms with Crippen LogP contribution in [0.4, 0.5) is 5.69 Å². The second-order valence-corrected chi connectivity index (χ2v) is 5.93. The van der Waals surface area contributed by atoms with Gasteiger partial charge in [0, 0.05) is 24.1 Å². The molecule has 3 nitrogen and oxygen atoms in total. The van der Waals surface area contributed by atoms with Crippen LogP contribution in [0.5, 0.6) is 0 Å². The Bertz CT molecular complexity index is 398. The summed E-state index contributed by atoms with van der Waals surface area (Å²) in [4.78, 5) is 4.21. The van der Waals surface area contributed by atoms with Crippen LogP contribution in [-0.4, -0.2) is 18.1 Å². The molecule has 2 aliphatic carbocycles. The molecule has 1 aromatic heterocycles. The summed E-state index contributed by atoms with van der Waals surface area (Å²) in [6, 6.07) is 2.47. The van der Waals surface area contributed by atoms with Crippen molar-refractivity contribution < 1.29 is 0 Å². The highest BCUT2D eigenvalue weighted by molar-refractivity contribution is 5.44. The van der Waals surface area contributed by atoms with Crippen molar-refractivity contribution in [3.05, 3.63) is 24.0 Å². The summed E-state index contributed by atoms with van der Waals surface area (Å²) in [5.74, 6) is 2.79. The van der Waals surface area contributed by atoms with Crippen molar-refractivity contribution in [3.8, 4) is 0 Å². The van der Waals surface area contributed by atoms with Gasteiger partial charge < -0.3 is 11.1 Å². The summed E-state index contributed by atoms with van der Waals surface area (Å²) in [6.07, 6.45) is 10.4. The first-order valence-electron chi connectivity index (χ1n) is 7.15. The molecule has 2 saturated carbocycles. The minimum atomic E-state index is 0.566. The first kappa shape index (κ1) is 12.0.